The number of nitrogens with zero attached hydrogens (tertiary/aromatic N) is 2. The van der Waals surface area contributed by atoms with Crippen molar-refractivity contribution in [1.29, 1.82) is 0 Å². The smallest absolute Gasteiger partial charge is 0.438 e. The zero-order valence-corrected chi connectivity index (χ0v) is 17.4. The van der Waals surface area contributed by atoms with E-state index in [9.17, 15) is 13.2 Å². The summed E-state index contributed by atoms with van der Waals surface area (Å²) in [5.41, 5.74) is 0.605. The Kier molecular flexibility index (Phi) is 5.94. The Morgan fingerprint density at radius 3 is 2.13 bits per heavy atom. The second kappa shape index (κ2) is 8.65. The first kappa shape index (κ1) is 21.3. The van der Waals surface area contributed by atoms with Crippen LogP contribution in [0.3, 0.4) is 0 Å². The first-order valence-corrected chi connectivity index (χ1v) is 9.98. The van der Waals surface area contributed by atoms with Crippen LogP contribution in [0, 0.1) is 0 Å². The molecule has 0 aliphatic heterocycles. The van der Waals surface area contributed by atoms with Crippen LogP contribution in [0.25, 0.3) is 16.9 Å². The highest BCUT2D eigenvalue weighted by Crippen LogP contribution is 2.43. The molecule has 0 atom stereocenters. The third-order valence-corrected chi connectivity index (χ3v) is 5.13. The van der Waals surface area contributed by atoms with E-state index in [1.807, 2.05) is 0 Å². The molecule has 0 amide bonds. The lowest BCUT2D eigenvalue weighted by atomic mass is 10.1. The minimum atomic E-state index is -4.72. The zero-order valence-electron chi connectivity index (χ0n) is 15.9. The van der Waals surface area contributed by atoms with Gasteiger partial charge < -0.3 is 4.74 Å². The van der Waals surface area contributed by atoms with Crippen LogP contribution in [-0.4, -0.2) is 9.78 Å². The van der Waals surface area contributed by atoms with E-state index in [-0.39, 0.29) is 18.1 Å². The largest absolute Gasteiger partial charge is 0.484 e. The number of benzene rings is 3. The van der Waals surface area contributed by atoms with Gasteiger partial charge >= 0.3 is 6.18 Å². The van der Waals surface area contributed by atoms with E-state index in [0.29, 0.717) is 26.9 Å². The molecule has 0 spiro atoms. The van der Waals surface area contributed by atoms with E-state index in [0.717, 1.165) is 0 Å². The highest BCUT2D eigenvalue weighted by atomic mass is 35.5. The van der Waals surface area contributed by atoms with Crippen molar-refractivity contribution in [3.8, 4) is 22.7 Å². The maximum Gasteiger partial charge on any atom is 0.438 e. The van der Waals surface area contributed by atoms with Crippen LogP contribution in [0.1, 0.15) is 11.3 Å². The van der Waals surface area contributed by atoms with Crippen molar-refractivity contribution in [2.24, 2.45) is 0 Å². The third kappa shape index (κ3) is 4.55. The van der Waals surface area contributed by atoms with Gasteiger partial charge in [0.1, 0.15) is 12.3 Å². The van der Waals surface area contributed by atoms with Gasteiger partial charge in [-0.05, 0) is 24.3 Å². The van der Waals surface area contributed by atoms with Crippen molar-refractivity contribution in [2.75, 3.05) is 0 Å². The molecule has 31 heavy (non-hydrogen) atoms. The molecule has 0 fully saturated rings. The van der Waals surface area contributed by atoms with Gasteiger partial charge in [0.2, 0.25) is 5.69 Å². The minimum absolute atomic E-state index is 0.181. The van der Waals surface area contributed by atoms with E-state index < -0.39 is 11.9 Å². The lowest BCUT2D eigenvalue weighted by Gasteiger charge is -2.13. The fourth-order valence-corrected chi connectivity index (χ4v) is 3.58. The molecule has 0 bridgehead atoms. The first-order chi connectivity index (χ1) is 14.8. The molecule has 0 saturated carbocycles. The third-order valence-electron chi connectivity index (χ3n) is 4.55. The van der Waals surface area contributed by atoms with Gasteiger partial charge in [-0.25, -0.2) is 4.68 Å². The summed E-state index contributed by atoms with van der Waals surface area (Å²) in [6.45, 7) is -0.181. The van der Waals surface area contributed by atoms with Crippen molar-refractivity contribution < 1.29 is 17.9 Å². The fraction of sp³-hybridized carbons (Fsp3) is 0.0870. The van der Waals surface area contributed by atoms with Crippen LogP contribution < -0.4 is 4.74 Å². The molecular formula is C23H15Cl2F3N2O. The van der Waals surface area contributed by atoms with Crippen LogP contribution in [0.4, 0.5) is 13.2 Å². The van der Waals surface area contributed by atoms with Crippen LogP contribution in [0.5, 0.6) is 5.75 Å². The summed E-state index contributed by atoms with van der Waals surface area (Å²) < 4.78 is 48.8. The Labute approximate surface area is 186 Å². The highest BCUT2D eigenvalue weighted by Gasteiger charge is 2.41. The Bertz CT molecular complexity index is 1190. The number of hydrogen-bond acceptors (Lipinski definition) is 2. The standard InChI is InChI=1S/C23H15Cl2F3N2O/c24-17-12-11-16(19(25)13-17)14-31-21-20(15-7-3-1-4-8-15)30(18-9-5-2-6-10-18)29-22(21)23(26,27)28/h1-13H,14H2. The maximum absolute atomic E-state index is 13.9. The maximum atomic E-state index is 13.9. The molecule has 4 aromatic rings. The van der Waals surface area contributed by atoms with Gasteiger partial charge in [0.15, 0.2) is 5.75 Å². The van der Waals surface area contributed by atoms with E-state index in [1.165, 1.54) is 10.7 Å². The van der Waals surface area contributed by atoms with Gasteiger partial charge in [0.05, 0.1) is 5.69 Å². The molecule has 0 radical (unpaired) electrons. The molecule has 8 heteroatoms. The predicted octanol–water partition coefficient (Wildman–Crippen LogP) is 7.44. The van der Waals surface area contributed by atoms with Crippen LogP contribution in [-0.2, 0) is 12.8 Å². The molecule has 1 heterocycles. The topological polar surface area (TPSA) is 27.1 Å². The molecule has 158 valence electrons. The summed E-state index contributed by atoms with van der Waals surface area (Å²) in [6.07, 6.45) is -4.72. The Hall–Kier alpha value is -2.96. The number of hydrogen-bond donors (Lipinski definition) is 0. The lowest BCUT2D eigenvalue weighted by molar-refractivity contribution is -0.142. The Morgan fingerprint density at radius 1 is 0.871 bits per heavy atom. The van der Waals surface area contributed by atoms with Gasteiger partial charge in [-0.15, -0.1) is 0 Å². The molecule has 0 unspecified atom stereocenters. The number of halogens is 5. The summed E-state index contributed by atoms with van der Waals surface area (Å²) >= 11 is 12.1. The van der Waals surface area contributed by atoms with E-state index in [2.05, 4.69) is 5.10 Å². The number of ether oxygens (including phenoxy) is 1. The van der Waals surface area contributed by atoms with Crippen molar-refractivity contribution in [3.63, 3.8) is 0 Å². The van der Waals surface area contributed by atoms with E-state index >= 15 is 0 Å². The Morgan fingerprint density at radius 2 is 1.52 bits per heavy atom. The minimum Gasteiger partial charge on any atom is -0.484 e. The van der Waals surface area contributed by atoms with Gasteiger partial charge in [0, 0.05) is 21.2 Å². The first-order valence-electron chi connectivity index (χ1n) is 9.22. The van der Waals surface area contributed by atoms with Crippen molar-refractivity contribution in [2.45, 2.75) is 12.8 Å². The molecule has 0 N–H and O–H groups in total. The zero-order chi connectivity index (χ0) is 22.0. The van der Waals surface area contributed by atoms with Crippen LogP contribution in [0.2, 0.25) is 10.0 Å². The predicted molar refractivity (Wildman–Crippen MR) is 115 cm³/mol. The number of para-hydroxylation sites is 1. The number of rotatable bonds is 5. The molecule has 3 nitrogen and oxygen atoms in total. The van der Waals surface area contributed by atoms with E-state index in [4.69, 9.17) is 27.9 Å². The molecule has 0 saturated heterocycles. The van der Waals surface area contributed by atoms with Gasteiger partial charge in [0.25, 0.3) is 0 Å². The molecule has 3 aromatic carbocycles. The monoisotopic (exact) mass is 462 g/mol. The Balaban J connectivity index is 1.88. The number of aromatic nitrogens is 2. The highest BCUT2D eigenvalue weighted by molar-refractivity contribution is 6.35. The van der Waals surface area contributed by atoms with Gasteiger partial charge in [-0.2, -0.15) is 18.3 Å². The second-order valence-electron chi connectivity index (χ2n) is 6.66. The van der Waals surface area contributed by atoms with Crippen LogP contribution >= 0.6 is 23.2 Å². The fourth-order valence-electron chi connectivity index (χ4n) is 3.12. The number of alkyl halides is 3. The van der Waals surface area contributed by atoms with Crippen molar-refractivity contribution in [3.05, 3.63) is 100 Å². The van der Waals surface area contributed by atoms with E-state index in [1.54, 1.807) is 72.8 Å². The summed E-state index contributed by atoms with van der Waals surface area (Å²) in [4.78, 5) is 0. The van der Waals surface area contributed by atoms with Crippen LogP contribution in [0.15, 0.2) is 78.9 Å². The SMILES string of the molecule is FC(F)(F)c1nn(-c2ccccc2)c(-c2ccccc2)c1OCc1ccc(Cl)cc1Cl. The molecule has 1 aromatic heterocycles. The molecule has 0 aliphatic rings. The average Bonchev–Trinajstić information content (AvgIpc) is 3.14. The van der Waals surface area contributed by atoms with Crippen molar-refractivity contribution in [1.82, 2.24) is 9.78 Å². The molecule has 0 aliphatic carbocycles. The lowest BCUT2D eigenvalue weighted by Crippen LogP contribution is -2.09. The summed E-state index contributed by atoms with van der Waals surface area (Å²) in [7, 11) is 0. The van der Waals surface area contributed by atoms with Gasteiger partial charge in [-0.3, -0.25) is 0 Å². The molecular weight excluding hydrogens is 448 g/mol. The normalized spacial score (nSPS) is 11.5. The second-order valence-corrected chi connectivity index (χ2v) is 7.51. The summed E-state index contributed by atoms with van der Waals surface area (Å²) in [5.74, 6) is -0.367. The van der Waals surface area contributed by atoms with Crippen molar-refractivity contribution >= 4 is 23.2 Å². The van der Waals surface area contributed by atoms with Gasteiger partial charge in [-0.1, -0.05) is 77.8 Å². The summed E-state index contributed by atoms with van der Waals surface area (Å²) in [6, 6.07) is 22.0. The average molecular weight is 463 g/mol. The molecule has 4 rings (SSSR count). The summed E-state index contributed by atoms with van der Waals surface area (Å²) in [5, 5.41) is 4.62. The quantitative estimate of drug-likeness (QED) is 0.308.